The first-order chi connectivity index (χ1) is 25.3. The molecule has 2 heterocycles. The summed E-state index contributed by atoms with van der Waals surface area (Å²) in [6.07, 6.45) is 6.82. The van der Waals surface area contributed by atoms with Crippen molar-refractivity contribution in [2.45, 2.75) is 18.3 Å². The molecule has 0 bridgehead atoms. The minimum atomic E-state index is -0.379. The van der Waals surface area contributed by atoms with Crippen LogP contribution in [0, 0.1) is 0 Å². The zero-order valence-corrected chi connectivity index (χ0v) is 28.1. The van der Waals surface area contributed by atoms with Crippen molar-refractivity contribution in [1.29, 1.82) is 0 Å². The smallest absolute Gasteiger partial charge is 0.0788 e. The molecule has 2 nitrogen and oxygen atoms in total. The highest BCUT2D eigenvalue weighted by molar-refractivity contribution is 6.24. The number of hydrogen-bond donors (Lipinski definition) is 0. The topological polar surface area (TPSA) is 9.86 Å². The third-order valence-electron chi connectivity index (χ3n) is 11.5. The zero-order valence-electron chi connectivity index (χ0n) is 28.1. The molecule has 0 fully saturated rings. The van der Waals surface area contributed by atoms with E-state index < -0.39 is 0 Å². The maximum Gasteiger partial charge on any atom is 0.0788 e. The van der Waals surface area contributed by atoms with Crippen LogP contribution in [0.3, 0.4) is 0 Å². The quantitative estimate of drug-likeness (QED) is 0.179. The summed E-state index contributed by atoms with van der Waals surface area (Å²) in [7, 11) is 0. The lowest BCUT2D eigenvalue weighted by Gasteiger charge is -2.36. The molecule has 0 saturated heterocycles. The Morgan fingerprint density at radius 1 is 0.451 bits per heavy atom. The van der Waals surface area contributed by atoms with Crippen molar-refractivity contribution < 1.29 is 0 Å². The van der Waals surface area contributed by atoms with Crippen LogP contribution < -0.4 is 0 Å². The van der Waals surface area contributed by atoms with Crippen LogP contribution in [0.1, 0.15) is 35.1 Å². The lowest BCUT2D eigenvalue weighted by molar-refractivity contribution is 0.697. The van der Waals surface area contributed by atoms with Gasteiger partial charge in [0, 0.05) is 32.9 Å². The molecular weight excluding hydrogens is 617 g/mol. The largest absolute Gasteiger partial charge is 0.307 e. The maximum absolute atomic E-state index is 2.52. The lowest BCUT2D eigenvalue weighted by atomic mass is 9.65. The third-order valence-corrected chi connectivity index (χ3v) is 11.5. The van der Waals surface area contributed by atoms with Gasteiger partial charge in [0.1, 0.15) is 0 Å². The Labute approximate surface area is 296 Å². The van der Waals surface area contributed by atoms with Crippen LogP contribution in [0.4, 0.5) is 0 Å². The van der Waals surface area contributed by atoms with Crippen molar-refractivity contribution >= 4 is 49.2 Å². The standard InChI is InChI=1S/C49H34N2/c1-4-16-33(17-5-1)49(43-25-13-10-22-37(43)38-23-11-14-26-44(38)49)34-28-31-46-42(32-34)41-30-29-40-39-24-12-15-27-45(39)50(35-18-6-2-7-19-35)47(40)48(41)51(46)36-20-8-3-9-21-36/h1-13,15-25,27-32H,14,26H2. The molecular formula is C49H34N2. The van der Waals surface area contributed by atoms with Gasteiger partial charge >= 0.3 is 0 Å². The normalized spacial score (nSPS) is 16.8. The van der Waals surface area contributed by atoms with E-state index in [2.05, 4.69) is 191 Å². The predicted molar refractivity (Wildman–Crippen MR) is 213 cm³/mol. The fourth-order valence-electron chi connectivity index (χ4n) is 9.50. The molecule has 0 saturated carbocycles. The third kappa shape index (κ3) is 3.82. The van der Waals surface area contributed by atoms with Gasteiger partial charge in [-0.1, -0.05) is 140 Å². The summed E-state index contributed by atoms with van der Waals surface area (Å²) in [5.41, 5.74) is 15.1. The minimum absolute atomic E-state index is 0.379. The van der Waals surface area contributed by atoms with Gasteiger partial charge in [0.05, 0.1) is 27.5 Å². The van der Waals surface area contributed by atoms with E-state index in [1.54, 1.807) is 0 Å². The molecule has 2 aliphatic carbocycles. The molecule has 0 N–H and O–H groups in total. The predicted octanol–water partition coefficient (Wildman–Crippen LogP) is 12.3. The van der Waals surface area contributed by atoms with Crippen molar-refractivity contribution in [3.05, 3.63) is 210 Å². The summed E-state index contributed by atoms with van der Waals surface area (Å²) in [6, 6.07) is 63.0. The fraction of sp³-hybridized carbons (Fsp3) is 0.0612. The van der Waals surface area contributed by atoms with E-state index in [4.69, 9.17) is 0 Å². The molecule has 11 rings (SSSR count). The summed E-state index contributed by atoms with van der Waals surface area (Å²) in [5.74, 6) is 0. The Bertz CT molecular complexity index is 2890. The monoisotopic (exact) mass is 650 g/mol. The van der Waals surface area contributed by atoms with Crippen LogP contribution in [0.5, 0.6) is 0 Å². The van der Waals surface area contributed by atoms with Crippen LogP contribution in [-0.4, -0.2) is 9.13 Å². The molecule has 240 valence electrons. The summed E-state index contributed by atoms with van der Waals surface area (Å²) >= 11 is 0. The second kappa shape index (κ2) is 10.8. The molecule has 2 aliphatic rings. The molecule has 2 heteroatoms. The number of benzene rings is 7. The molecule has 0 radical (unpaired) electrons. The van der Waals surface area contributed by atoms with Crippen molar-refractivity contribution in [3.8, 4) is 11.4 Å². The van der Waals surface area contributed by atoms with Gasteiger partial charge in [-0.2, -0.15) is 0 Å². The van der Waals surface area contributed by atoms with E-state index in [-0.39, 0.29) is 5.41 Å². The van der Waals surface area contributed by atoms with Gasteiger partial charge in [0.2, 0.25) is 0 Å². The van der Waals surface area contributed by atoms with Gasteiger partial charge in [-0.25, -0.2) is 0 Å². The number of fused-ring (bicyclic) bond motifs is 9. The number of para-hydroxylation sites is 3. The number of rotatable bonds is 4. The summed E-state index contributed by atoms with van der Waals surface area (Å²) in [4.78, 5) is 0. The first-order valence-electron chi connectivity index (χ1n) is 18.0. The van der Waals surface area contributed by atoms with Crippen LogP contribution in [-0.2, 0) is 5.41 Å². The van der Waals surface area contributed by atoms with Crippen molar-refractivity contribution in [2.24, 2.45) is 0 Å². The molecule has 1 atom stereocenters. The van der Waals surface area contributed by atoms with Gasteiger partial charge in [-0.15, -0.1) is 0 Å². The molecule has 2 aromatic heterocycles. The average molecular weight is 651 g/mol. The van der Waals surface area contributed by atoms with Gasteiger partial charge in [-0.05, 0) is 88.7 Å². The number of aromatic nitrogens is 2. The first kappa shape index (κ1) is 28.5. The van der Waals surface area contributed by atoms with E-state index in [0.29, 0.717) is 0 Å². The molecule has 0 amide bonds. The van der Waals surface area contributed by atoms with Crippen molar-refractivity contribution in [3.63, 3.8) is 0 Å². The fourth-order valence-corrected chi connectivity index (χ4v) is 9.50. The second-order valence-electron chi connectivity index (χ2n) is 13.9. The van der Waals surface area contributed by atoms with Gasteiger partial charge in [0.25, 0.3) is 0 Å². The number of nitrogens with zero attached hydrogens (tertiary/aromatic N) is 2. The van der Waals surface area contributed by atoms with Gasteiger partial charge in [-0.3, -0.25) is 0 Å². The Morgan fingerprint density at radius 3 is 1.76 bits per heavy atom. The van der Waals surface area contributed by atoms with E-state index in [0.717, 1.165) is 24.2 Å². The molecule has 51 heavy (non-hydrogen) atoms. The summed E-state index contributed by atoms with van der Waals surface area (Å²) in [5, 5.41) is 5.05. The van der Waals surface area contributed by atoms with Crippen molar-refractivity contribution in [2.75, 3.05) is 0 Å². The molecule has 9 aromatic rings. The van der Waals surface area contributed by atoms with Crippen LogP contribution in [0.25, 0.3) is 60.6 Å². The molecule has 0 aliphatic heterocycles. The highest BCUT2D eigenvalue weighted by Gasteiger charge is 2.47. The number of allylic oxidation sites excluding steroid dienone is 4. The Kier molecular flexibility index (Phi) is 6.03. The molecule has 0 spiro atoms. The highest BCUT2D eigenvalue weighted by atomic mass is 15.0. The highest BCUT2D eigenvalue weighted by Crippen LogP contribution is 2.57. The van der Waals surface area contributed by atoms with E-state index in [1.807, 2.05) is 0 Å². The summed E-state index contributed by atoms with van der Waals surface area (Å²) < 4.78 is 4.97. The van der Waals surface area contributed by atoms with Gasteiger partial charge < -0.3 is 9.13 Å². The summed E-state index contributed by atoms with van der Waals surface area (Å²) in [6.45, 7) is 0. The van der Waals surface area contributed by atoms with Gasteiger partial charge in [0.15, 0.2) is 0 Å². The van der Waals surface area contributed by atoms with Crippen molar-refractivity contribution in [1.82, 2.24) is 9.13 Å². The molecule has 7 aromatic carbocycles. The maximum atomic E-state index is 2.52. The van der Waals surface area contributed by atoms with Crippen LogP contribution in [0.2, 0.25) is 0 Å². The van der Waals surface area contributed by atoms with E-state index in [9.17, 15) is 0 Å². The van der Waals surface area contributed by atoms with Crippen LogP contribution in [0.15, 0.2) is 188 Å². The van der Waals surface area contributed by atoms with E-state index >= 15 is 0 Å². The Morgan fingerprint density at radius 2 is 1.04 bits per heavy atom. The Balaban J connectivity index is 1.31. The van der Waals surface area contributed by atoms with E-state index in [1.165, 1.54) is 77.0 Å². The first-order valence-corrected chi connectivity index (χ1v) is 18.0. The van der Waals surface area contributed by atoms with Crippen LogP contribution >= 0.6 is 0 Å². The lowest BCUT2D eigenvalue weighted by Crippen LogP contribution is -2.30. The zero-order chi connectivity index (χ0) is 33.5. The average Bonchev–Trinajstić information content (AvgIpc) is 3.83. The minimum Gasteiger partial charge on any atom is -0.307 e. The number of hydrogen-bond acceptors (Lipinski definition) is 0. The SMILES string of the molecule is C1=CC2=C(CC1)C(c1ccccc1)(c1ccc3c(c1)c1ccc4c5ccccc5n(-c5ccccc5)c4c1n3-c1ccccc1)c1ccccc12. The Hall–Kier alpha value is -6.38. The molecule has 1 unspecified atom stereocenters. The second-order valence-corrected chi connectivity index (χ2v) is 13.9.